The summed E-state index contributed by atoms with van der Waals surface area (Å²) in [7, 11) is 0. The number of aromatic nitrogens is 1. The number of carboxylic acid groups (broad SMARTS) is 1. The number of aliphatic hydroxyl groups is 1. The molecule has 0 radical (unpaired) electrons. The largest absolute Gasteiger partial charge is 0.465 e. The molecule has 6 nitrogen and oxygen atoms in total. The molecule has 0 saturated carbocycles. The van der Waals surface area contributed by atoms with Crippen LogP contribution in [0.1, 0.15) is 12.5 Å². The van der Waals surface area contributed by atoms with Crippen molar-refractivity contribution in [2.75, 3.05) is 24.5 Å². The highest BCUT2D eigenvalue weighted by Crippen LogP contribution is 2.49. The number of alkyl halides is 6. The smallest absolute Gasteiger partial charge is 0.430 e. The molecule has 1 amide bonds. The predicted octanol–water partition coefficient (Wildman–Crippen LogP) is 2.59. The Bertz CT molecular complexity index is 768. The van der Waals surface area contributed by atoms with E-state index >= 15 is 0 Å². The summed E-state index contributed by atoms with van der Waals surface area (Å²) >= 11 is 0. The highest BCUT2D eigenvalue weighted by atomic mass is 19.4. The third-order valence-electron chi connectivity index (χ3n) is 4.24. The number of pyridine rings is 1. The lowest BCUT2D eigenvalue weighted by Crippen LogP contribution is -2.55. The van der Waals surface area contributed by atoms with Crippen LogP contribution in [0.25, 0.3) is 0 Å². The minimum atomic E-state index is -6.00. The minimum absolute atomic E-state index is 0.00763. The molecule has 0 aliphatic carbocycles. The molecular weight excluding hydrogens is 396 g/mol. The lowest BCUT2D eigenvalue weighted by molar-refractivity contribution is -0.376. The van der Waals surface area contributed by atoms with E-state index in [9.17, 15) is 36.2 Å². The van der Waals surface area contributed by atoms with Crippen LogP contribution in [0.15, 0.2) is 18.3 Å². The van der Waals surface area contributed by atoms with Crippen molar-refractivity contribution in [1.29, 1.82) is 0 Å². The standard InChI is InChI=1S/C16H15F6N3O3/c1-2-3-11-9-24(13(26)27)6-7-25(11)12-5-4-10(8-23-12)14(28,15(17,18)19)16(20,21)22/h4-5,8,11,28H,6-7,9H2,1H3,(H,26,27)/t11-/m0/s1. The summed E-state index contributed by atoms with van der Waals surface area (Å²) in [6.07, 6.45) is -12.9. The maximum absolute atomic E-state index is 12.9. The topological polar surface area (TPSA) is 76.9 Å². The summed E-state index contributed by atoms with van der Waals surface area (Å²) in [6.45, 7) is 1.60. The first kappa shape index (κ1) is 21.6. The molecule has 2 heterocycles. The summed E-state index contributed by atoms with van der Waals surface area (Å²) in [5.41, 5.74) is -6.53. The zero-order valence-electron chi connectivity index (χ0n) is 14.3. The van der Waals surface area contributed by atoms with Crippen LogP contribution in [0.3, 0.4) is 0 Å². The normalized spacial score (nSPS) is 18.5. The van der Waals surface area contributed by atoms with E-state index in [4.69, 9.17) is 5.11 Å². The van der Waals surface area contributed by atoms with Gasteiger partial charge >= 0.3 is 18.4 Å². The van der Waals surface area contributed by atoms with E-state index in [-0.39, 0.29) is 25.5 Å². The van der Waals surface area contributed by atoms with Crippen LogP contribution in [-0.2, 0) is 5.60 Å². The number of rotatable bonds is 2. The van der Waals surface area contributed by atoms with Crippen LogP contribution in [0.5, 0.6) is 0 Å². The summed E-state index contributed by atoms with van der Waals surface area (Å²) in [5, 5.41) is 18.5. The number of halogens is 6. The Labute approximate surface area is 155 Å². The van der Waals surface area contributed by atoms with Crippen molar-refractivity contribution in [1.82, 2.24) is 9.88 Å². The Balaban J connectivity index is 2.37. The van der Waals surface area contributed by atoms with Gasteiger partial charge in [-0.3, -0.25) is 0 Å². The van der Waals surface area contributed by atoms with Gasteiger partial charge in [-0.2, -0.15) is 26.3 Å². The molecule has 0 unspecified atom stereocenters. The SMILES string of the molecule is CC#C[C@H]1CN(C(=O)O)CCN1c1ccc(C(O)(C(F)(F)F)C(F)(F)F)cn1. The second-order valence-corrected chi connectivity index (χ2v) is 5.94. The molecule has 0 spiro atoms. The van der Waals surface area contributed by atoms with Gasteiger partial charge in [-0.05, 0) is 13.0 Å². The highest BCUT2D eigenvalue weighted by Gasteiger charge is 2.71. The lowest BCUT2D eigenvalue weighted by atomic mass is 9.94. The van der Waals surface area contributed by atoms with Crippen molar-refractivity contribution in [2.45, 2.75) is 30.9 Å². The number of amides is 1. The van der Waals surface area contributed by atoms with Gasteiger partial charge in [0.25, 0.3) is 5.60 Å². The maximum atomic E-state index is 12.9. The molecule has 0 aromatic carbocycles. The van der Waals surface area contributed by atoms with Crippen LogP contribution in [0.2, 0.25) is 0 Å². The lowest BCUT2D eigenvalue weighted by Gasteiger charge is -2.39. The van der Waals surface area contributed by atoms with Crippen molar-refractivity contribution in [3.63, 3.8) is 0 Å². The molecule has 1 aromatic rings. The van der Waals surface area contributed by atoms with Gasteiger partial charge < -0.3 is 20.0 Å². The number of hydrogen-bond acceptors (Lipinski definition) is 4. The highest BCUT2D eigenvalue weighted by molar-refractivity contribution is 5.66. The van der Waals surface area contributed by atoms with Crippen molar-refractivity contribution in [2.24, 2.45) is 0 Å². The van der Waals surface area contributed by atoms with Crippen LogP contribution in [0, 0.1) is 11.8 Å². The Morgan fingerprint density at radius 3 is 2.21 bits per heavy atom. The van der Waals surface area contributed by atoms with Gasteiger partial charge in [0.05, 0.1) is 6.54 Å². The molecule has 1 aliphatic heterocycles. The first-order chi connectivity index (χ1) is 12.8. The third kappa shape index (κ3) is 3.80. The molecule has 2 rings (SSSR count). The minimum Gasteiger partial charge on any atom is -0.465 e. The summed E-state index contributed by atoms with van der Waals surface area (Å²) in [6, 6.07) is 0.708. The van der Waals surface area contributed by atoms with E-state index in [2.05, 4.69) is 16.8 Å². The Morgan fingerprint density at radius 1 is 1.18 bits per heavy atom. The zero-order chi connectivity index (χ0) is 21.3. The number of nitrogens with zero attached hydrogens (tertiary/aromatic N) is 3. The first-order valence-corrected chi connectivity index (χ1v) is 7.82. The molecule has 154 valence electrons. The van der Waals surface area contributed by atoms with Gasteiger partial charge in [-0.25, -0.2) is 9.78 Å². The number of hydrogen-bond donors (Lipinski definition) is 2. The fourth-order valence-electron chi connectivity index (χ4n) is 2.78. The Hall–Kier alpha value is -2.68. The van der Waals surface area contributed by atoms with Crippen LogP contribution in [-0.4, -0.2) is 64.2 Å². The summed E-state index contributed by atoms with van der Waals surface area (Å²) < 4.78 is 77.6. The van der Waals surface area contributed by atoms with Crippen molar-refractivity contribution in [3.8, 4) is 11.8 Å². The molecule has 0 bridgehead atoms. The monoisotopic (exact) mass is 411 g/mol. The average Bonchev–Trinajstić information content (AvgIpc) is 2.59. The molecule has 1 saturated heterocycles. The molecule has 1 aromatic heterocycles. The van der Waals surface area contributed by atoms with Gasteiger partial charge in [0.15, 0.2) is 0 Å². The second-order valence-electron chi connectivity index (χ2n) is 5.94. The molecule has 12 heteroatoms. The number of piperazine rings is 1. The van der Waals surface area contributed by atoms with Crippen molar-refractivity contribution < 1.29 is 41.4 Å². The third-order valence-corrected chi connectivity index (χ3v) is 4.24. The fourth-order valence-corrected chi connectivity index (χ4v) is 2.78. The van der Waals surface area contributed by atoms with E-state index in [1.54, 1.807) is 0 Å². The van der Waals surface area contributed by atoms with Crippen LogP contribution in [0.4, 0.5) is 37.0 Å². The van der Waals surface area contributed by atoms with Crippen LogP contribution >= 0.6 is 0 Å². The van der Waals surface area contributed by atoms with E-state index in [1.807, 2.05) is 0 Å². The van der Waals surface area contributed by atoms with E-state index in [0.29, 0.717) is 12.3 Å². The van der Waals surface area contributed by atoms with E-state index < -0.39 is 35.7 Å². The molecule has 28 heavy (non-hydrogen) atoms. The molecule has 1 fully saturated rings. The fraction of sp³-hybridized carbons (Fsp3) is 0.500. The van der Waals surface area contributed by atoms with Crippen LogP contribution < -0.4 is 4.90 Å². The Morgan fingerprint density at radius 2 is 1.79 bits per heavy atom. The first-order valence-electron chi connectivity index (χ1n) is 7.82. The van der Waals surface area contributed by atoms with Crippen molar-refractivity contribution in [3.05, 3.63) is 23.9 Å². The second kappa shape index (κ2) is 7.38. The summed E-state index contributed by atoms with van der Waals surface area (Å²) in [5.74, 6) is 5.34. The quantitative estimate of drug-likeness (QED) is 0.578. The molecular formula is C16H15F6N3O3. The van der Waals surface area contributed by atoms with Gasteiger partial charge in [0.1, 0.15) is 11.9 Å². The molecule has 2 N–H and O–H groups in total. The van der Waals surface area contributed by atoms with Gasteiger partial charge in [0, 0.05) is 24.8 Å². The van der Waals surface area contributed by atoms with Gasteiger partial charge in [-0.1, -0.05) is 12.0 Å². The molecule has 1 atom stereocenters. The van der Waals surface area contributed by atoms with Gasteiger partial charge in [0.2, 0.25) is 0 Å². The van der Waals surface area contributed by atoms with Crippen molar-refractivity contribution >= 4 is 11.9 Å². The van der Waals surface area contributed by atoms with Gasteiger partial charge in [-0.15, -0.1) is 5.92 Å². The maximum Gasteiger partial charge on any atom is 0.430 e. The number of anilines is 1. The van der Waals surface area contributed by atoms with E-state index in [1.165, 1.54) is 11.8 Å². The Kier molecular flexibility index (Phi) is 5.70. The average molecular weight is 411 g/mol. The van der Waals surface area contributed by atoms with E-state index in [0.717, 1.165) is 11.0 Å². The predicted molar refractivity (Wildman–Crippen MR) is 84.4 cm³/mol. The summed E-state index contributed by atoms with van der Waals surface area (Å²) in [4.78, 5) is 17.3. The number of carbonyl (C=O) groups is 1. The zero-order valence-corrected chi connectivity index (χ0v) is 14.3. The molecule has 1 aliphatic rings.